The Hall–Kier alpha value is -1.88. The number of rotatable bonds is 4. The van der Waals surface area contributed by atoms with Gasteiger partial charge < -0.3 is 15.0 Å². The van der Waals surface area contributed by atoms with Crippen molar-refractivity contribution in [1.29, 1.82) is 0 Å². The lowest BCUT2D eigenvalue weighted by Gasteiger charge is -2.25. The summed E-state index contributed by atoms with van der Waals surface area (Å²) in [4.78, 5) is 25.6. The molecule has 2 heterocycles. The van der Waals surface area contributed by atoms with Gasteiger partial charge in [0.1, 0.15) is 0 Å². The van der Waals surface area contributed by atoms with Crippen LogP contribution in [0.2, 0.25) is 0 Å². The number of likely N-dealkylation sites (tertiary alicyclic amines) is 1. The molecule has 20 heavy (non-hydrogen) atoms. The van der Waals surface area contributed by atoms with Crippen LogP contribution in [-0.4, -0.2) is 41.5 Å². The monoisotopic (exact) mass is 274 g/mol. The van der Waals surface area contributed by atoms with Crippen molar-refractivity contribution < 1.29 is 14.3 Å². The molecule has 2 aliphatic heterocycles. The number of carbonyl (C=O) groups is 2. The molecule has 0 aromatic heterocycles. The molecule has 0 saturated carbocycles. The van der Waals surface area contributed by atoms with E-state index in [1.165, 1.54) is 0 Å². The molecule has 1 N–H and O–H groups in total. The van der Waals surface area contributed by atoms with E-state index in [1.54, 1.807) is 0 Å². The molecule has 0 spiro atoms. The highest BCUT2D eigenvalue weighted by Gasteiger charge is 2.40. The minimum Gasteiger partial charge on any atom is -0.363 e. The van der Waals surface area contributed by atoms with Crippen molar-refractivity contribution in [3.63, 3.8) is 0 Å². The Morgan fingerprint density at radius 1 is 1.40 bits per heavy atom. The quantitative estimate of drug-likeness (QED) is 0.822. The average Bonchev–Trinajstić information content (AvgIpc) is 3.25. The third-order valence-corrected chi connectivity index (χ3v) is 3.94. The van der Waals surface area contributed by atoms with Crippen LogP contribution in [0.5, 0.6) is 0 Å². The van der Waals surface area contributed by atoms with Gasteiger partial charge in [-0.1, -0.05) is 30.3 Å². The zero-order chi connectivity index (χ0) is 14.1. The summed E-state index contributed by atoms with van der Waals surface area (Å²) in [6.45, 7) is 3.06. The maximum Gasteiger partial charge on any atom is 0.251 e. The van der Waals surface area contributed by atoms with Gasteiger partial charge >= 0.3 is 0 Å². The zero-order valence-electron chi connectivity index (χ0n) is 11.4. The second-order valence-corrected chi connectivity index (χ2v) is 5.39. The lowest BCUT2D eigenvalue weighted by Crippen LogP contribution is -2.44. The fourth-order valence-corrected chi connectivity index (χ4v) is 2.58. The zero-order valence-corrected chi connectivity index (χ0v) is 11.4. The lowest BCUT2D eigenvalue weighted by molar-refractivity contribution is -0.129. The second-order valence-electron chi connectivity index (χ2n) is 5.39. The molecule has 5 nitrogen and oxygen atoms in total. The summed E-state index contributed by atoms with van der Waals surface area (Å²) in [5.74, 6) is -0.0143. The van der Waals surface area contributed by atoms with E-state index in [9.17, 15) is 9.59 Å². The van der Waals surface area contributed by atoms with Crippen molar-refractivity contribution in [3.8, 4) is 0 Å². The largest absolute Gasteiger partial charge is 0.363 e. The SMILES string of the molecule is CC1C(NC(=O)C2CO2)CC(=O)N1Cc1ccccc1. The highest BCUT2D eigenvalue weighted by molar-refractivity contribution is 5.85. The molecule has 0 bridgehead atoms. The fraction of sp³-hybridized carbons (Fsp3) is 0.467. The average molecular weight is 274 g/mol. The molecule has 5 heteroatoms. The van der Waals surface area contributed by atoms with Gasteiger partial charge in [-0.2, -0.15) is 0 Å². The van der Waals surface area contributed by atoms with Crippen LogP contribution >= 0.6 is 0 Å². The van der Waals surface area contributed by atoms with E-state index in [-0.39, 0.29) is 30.0 Å². The van der Waals surface area contributed by atoms with Crippen molar-refractivity contribution in [2.75, 3.05) is 6.61 Å². The summed E-state index contributed by atoms with van der Waals surface area (Å²) in [6.07, 6.45) is 0.0624. The molecule has 3 atom stereocenters. The summed E-state index contributed by atoms with van der Waals surface area (Å²) in [5.41, 5.74) is 1.10. The van der Waals surface area contributed by atoms with E-state index >= 15 is 0 Å². The van der Waals surface area contributed by atoms with Gasteiger partial charge in [-0.05, 0) is 12.5 Å². The van der Waals surface area contributed by atoms with Crippen LogP contribution in [0.1, 0.15) is 18.9 Å². The first kappa shape index (κ1) is 13.1. The topological polar surface area (TPSA) is 61.9 Å². The van der Waals surface area contributed by atoms with Gasteiger partial charge in [-0.15, -0.1) is 0 Å². The minimum absolute atomic E-state index is 0.00501. The van der Waals surface area contributed by atoms with Crippen molar-refractivity contribution in [1.82, 2.24) is 10.2 Å². The second kappa shape index (κ2) is 5.25. The van der Waals surface area contributed by atoms with Crippen LogP contribution in [-0.2, 0) is 20.9 Å². The van der Waals surface area contributed by atoms with E-state index in [2.05, 4.69) is 5.32 Å². The molecule has 2 aliphatic rings. The molecule has 0 radical (unpaired) electrons. The maximum atomic E-state index is 12.1. The van der Waals surface area contributed by atoms with Gasteiger partial charge in [0.05, 0.1) is 12.6 Å². The molecule has 2 saturated heterocycles. The first-order valence-electron chi connectivity index (χ1n) is 6.90. The van der Waals surface area contributed by atoms with Crippen molar-refractivity contribution in [2.45, 2.75) is 38.1 Å². The Balaban J connectivity index is 1.63. The number of amides is 2. The highest BCUT2D eigenvalue weighted by atomic mass is 16.6. The van der Waals surface area contributed by atoms with Crippen molar-refractivity contribution in [2.24, 2.45) is 0 Å². The van der Waals surface area contributed by atoms with Crippen molar-refractivity contribution in [3.05, 3.63) is 35.9 Å². The third kappa shape index (κ3) is 2.67. The number of nitrogens with one attached hydrogen (secondary N) is 1. The van der Waals surface area contributed by atoms with Crippen LogP contribution < -0.4 is 5.32 Å². The number of epoxide rings is 1. The summed E-state index contributed by atoms with van der Waals surface area (Å²) < 4.78 is 4.95. The van der Waals surface area contributed by atoms with Crippen molar-refractivity contribution >= 4 is 11.8 Å². The summed E-state index contributed by atoms with van der Waals surface area (Å²) >= 11 is 0. The van der Waals surface area contributed by atoms with Crippen LogP contribution in [0.25, 0.3) is 0 Å². The van der Waals surface area contributed by atoms with Crippen LogP contribution in [0.15, 0.2) is 30.3 Å². The first-order valence-corrected chi connectivity index (χ1v) is 6.90. The van der Waals surface area contributed by atoms with Gasteiger partial charge in [0.15, 0.2) is 6.10 Å². The van der Waals surface area contributed by atoms with E-state index in [0.717, 1.165) is 5.56 Å². The molecule has 1 aromatic carbocycles. The van der Waals surface area contributed by atoms with Crippen LogP contribution in [0.4, 0.5) is 0 Å². The molecule has 3 rings (SSSR count). The molecule has 0 aliphatic carbocycles. The predicted molar refractivity (Wildman–Crippen MR) is 72.7 cm³/mol. The Labute approximate surface area is 117 Å². The van der Waals surface area contributed by atoms with E-state index < -0.39 is 0 Å². The number of hydrogen-bond acceptors (Lipinski definition) is 3. The molecule has 2 amide bonds. The summed E-state index contributed by atoms with van der Waals surface area (Å²) in [5, 5.41) is 2.91. The van der Waals surface area contributed by atoms with Gasteiger partial charge in [0, 0.05) is 19.0 Å². The molecule has 1 aromatic rings. The van der Waals surface area contributed by atoms with E-state index in [1.807, 2.05) is 42.2 Å². The van der Waals surface area contributed by atoms with E-state index in [4.69, 9.17) is 4.74 Å². The van der Waals surface area contributed by atoms with Gasteiger partial charge in [-0.25, -0.2) is 0 Å². The van der Waals surface area contributed by atoms with Gasteiger partial charge in [0.25, 0.3) is 5.91 Å². The lowest BCUT2D eigenvalue weighted by atomic mass is 10.1. The molecule has 3 unspecified atom stereocenters. The highest BCUT2D eigenvalue weighted by Crippen LogP contribution is 2.22. The maximum absolute atomic E-state index is 12.1. The third-order valence-electron chi connectivity index (χ3n) is 3.94. The number of benzene rings is 1. The molecule has 106 valence electrons. The number of hydrogen-bond donors (Lipinski definition) is 1. The van der Waals surface area contributed by atoms with Gasteiger partial charge in [-0.3, -0.25) is 9.59 Å². The van der Waals surface area contributed by atoms with Crippen LogP contribution in [0.3, 0.4) is 0 Å². The van der Waals surface area contributed by atoms with E-state index in [0.29, 0.717) is 19.6 Å². The Kier molecular flexibility index (Phi) is 3.44. The van der Waals surface area contributed by atoms with Crippen LogP contribution in [0, 0.1) is 0 Å². The smallest absolute Gasteiger partial charge is 0.251 e. The Morgan fingerprint density at radius 2 is 2.10 bits per heavy atom. The molecule has 2 fully saturated rings. The normalized spacial score (nSPS) is 28.6. The first-order chi connectivity index (χ1) is 9.65. The Bertz CT molecular complexity index is 513. The summed E-state index contributed by atoms with van der Waals surface area (Å²) in [7, 11) is 0. The number of nitrogens with zero attached hydrogens (tertiary/aromatic N) is 1. The minimum atomic E-state index is -0.305. The predicted octanol–water partition coefficient (Wildman–Crippen LogP) is 0.691. The standard InChI is InChI=1S/C15H18N2O3/c1-10-12(16-15(19)13-9-20-13)7-14(18)17(10)8-11-5-3-2-4-6-11/h2-6,10,12-13H,7-9H2,1H3,(H,16,19). The Morgan fingerprint density at radius 3 is 2.75 bits per heavy atom. The summed E-state index contributed by atoms with van der Waals surface area (Å²) in [6, 6.07) is 9.77. The molecular formula is C15H18N2O3. The number of ether oxygens (including phenoxy) is 1. The molecular weight excluding hydrogens is 256 g/mol. The fourth-order valence-electron chi connectivity index (χ4n) is 2.58. The van der Waals surface area contributed by atoms with Gasteiger partial charge in [0.2, 0.25) is 5.91 Å². The number of carbonyl (C=O) groups excluding carboxylic acids is 2.